The number of nitrogens with one attached hydrogen (secondary N) is 1. The van der Waals surface area contributed by atoms with Crippen LogP contribution in [0.2, 0.25) is 0 Å². The summed E-state index contributed by atoms with van der Waals surface area (Å²) >= 11 is 0. The van der Waals surface area contributed by atoms with E-state index in [4.69, 9.17) is 5.26 Å². The Bertz CT molecular complexity index is 1030. The van der Waals surface area contributed by atoms with Crippen LogP contribution in [0.1, 0.15) is 21.5 Å². The number of halogens is 1. The second-order valence-corrected chi connectivity index (χ2v) is 7.38. The molecule has 0 radical (unpaired) electrons. The molecule has 2 aliphatic heterocycles. The molecule has 0 aliphatic carbocycles. The molecule has 0 saturated carbocycles. The third-order valence-electron chi connectivity index (χ3n) is 5.48. The van der Waals surface area contributed by atoms with Gasteiger partial charge in [-0.3, -0.25) is 14.4 Å². The lowest BCUT2D eigenvalue weighted by Crippen LogP contribution is -2.70. The van der Waals surface area contributed by atoms with Gasteiger partial charge in [0, 0.05) is 25.1 Å². The molecule has 2 atom stereocenters. The Hall–Kier alpha value is -3.73. The maximum Gasteiger partial charge on any atom is 0.253 e. The van der Waals surface area contributed by atoms with E-state index in [2.05, 4.69) is 5.32 Å². The van der Waals surface area contributed by atoms with Crippen LogP contribution in [0.5, 0.6) is 0 Å². The minimum absolute atomic E-state index is 0.111. The summed E-state index contributed by atoms with van der Waals surface area (Å²) in [4.78, 5) is 41.4. The van der Waals surface area contributed by atoms with E-state index in [1.54, 1.807) is 41.3 Å². The molecule has 152 valence electrons. The SMILES string of the molecule is N#Cc1ccc(C(=O)N2CCN3C(=O)C(Cc4ccc(F)cc4)NC(=O)C3C2)cc1. The highest BCUT2D eigenvalue weighted by Crippen LogP contribution is 2.20. The van der Waals surface area contributed by atoms with Crippen molar-refractivity contribution >= 4 is 17.7 Å². The first-order valence-electron chi connectivity index (χ1n) is 9.61. The Morgan fingerprint density at radius 1 is 1.10 bits per heavy atom. The summed E-state index contributed by atoms with van der Waals surface area (Å²) in [5.41, 5.74) is 1.64. The molecule has 3 amide bonds. The Morgan fingerprint density at radius 2 is 1.80 bits per heavy atom. The van der Waals surface area contributed by atoms with Crippen LogP contribution >= 0.6 is 0 Å². The zero-order valence-electron chi connectivity index (χ0n) is 16.0. The second-order valence-electron chi connectivity index (χ2n) is 7.38. The number of nitrogens with zero attached hydrogens (tertiary/aromatic N) is 3. The standard InChI is InChI=1S/C22H19FN4O3/c23-17-7-3-14(4-8-17)11-18-22(30)27-10-9-26(13-19(27)20(28)25-18)21(29)16-5-1-15(12-24)2-6-16/h1-8,18-19H,9-11,13H2,(H,25,28). The molecular weight excluding hydrogens is 387 g/mol. The van der Waals surface area contributed by atoms with Gasteiger partial charge in [-0.2, -0.15) is 5.26 Å². The first-order chi connectivity index (χ1) is 14.5. The first-order valence-corrected chi connectivity index (χ1v) is 9.61. The fraction of sp³-hybridized carbons (Fsp3) is 0.273. The van der Waals surface area contributed by atoms with Crippen LogP contribution in [-0.4, -0.2) is 59.2 Å². The van der Waals surface area contributed by atoms with E-state index >= 15 is 0 Å². The Labute approximate surface area is 172 Å². The Balaban J connectivity index is 1.44. The normalized spacial score (nSPS) is 20.9. The number of carbonyl (C=O) groups excluding carboxylic acids is 3. The van der Waals surface area contributed by atoms with Gasteiger partial charge in [-0.1, -0.05) is 12.1 Å². The van der Waals surface area contributed by atoms with Gasteiger partial charge in [-0.25, -0.2) is 4.39 Å². The average molecular weight is 406 g/mol. The summed E-state index contributed by atoms with van der Waals surface area (Å²) in [5, 5.41) is 11.6. The number of benzene rings is 2. The third kappa shape index (κ3) is 3.74. The summed E-state index contributed by atoms with van der Waals surface area (Å²) in [6.07, 6.45) is 0.280. The van der Waals surface area contributed by atoms with Crippen LogP contribution in [0.4, 0.5) is 4.39 Å². The molecule has 30 heavy (non-hydrogen) atoms. The molecular formula is C22H19FN4O3. The fourth-order valence-corrected chi connectivity index (χ4v) is 3.85. The first kappa shape index (κ1) is 19.6. The molecule has 0 bridgehead atoms. The van der Waals surface area contributed by atoms with Gasteiger partial charge in [0.25, 0.3) is 5.91 Å². The molecule has 2 saturated heterocycles. The maximum atomic E-state index is 13.1. The molecule has 2 heterocycles. The van der Waals surface area contributed by atoms with Gasteiger partial charge >= 0.3 is 0 Å². The van der Waals surface area contributed by atoms with Gasteiger partial charge in [0.15, 0.2) is 0 Å². The van der Waals surface area contributed by atoms with Crippen LogP contribution in [0, 0.1) is 17.1 Å². The molecule has 7 nitrogen and oxygen atoms in total. The average Bonchev–Trinajstić information content (AvgIpc) is 2.78. The number of nitriles is 1. The molecule has 1 N–H and O–H groups in total. The zero-order valence-corrected chi connectivity index (χ0v) is 16.0. The molecule has 2 unspecified atom stereocenters. The van der Waals surface area contributed by atoms with Gasteiger partial charge in [0.1, 0.15) is 17.9 Å². The molecule has 2 aromatic rings. The minimum atomic E-state index is -0.738. The predicted molar refractivity (Wildman–Crippen MR) is 105 cm³/mol. The van der Waals surface area contributed by atoms with Crippen LogP contribution in [-0.2, 0) is 16.0 Å². The fourth-order valence-electron chi connectivity index (χ4n) is 3.85. The molecule has 2 fully saturated rings. The molecule has 4 rings (SSSR count). The summed E-state index contributed by atoms with van der Waals surface area (Å²) in [5.74, 6) is -1.11. The van der Waals surface area contributed by atoms with Crippen LogP contribution in [0.25, 0.3) is 0 Å². The van der Waals surface area contributed by atoms with E-state index in [1.807, 2.05) is 6.07 Å². The molecule has 8 heteroatoms. The number of piperazine rings is 2. The Morgan fingerprint density at radius 3 is 2.47 bits per heavy atom. The van der Waals surface area contributed by atoms with Gasteiger partial charge < -0.3 is 15.1 Å². The van der Waals surface area contributed by atoms with Gasteiger partial charge in [0.05, 0.1) is 18.2 Å². The lowest BCUT2D eigenvalue weighted by molar-refractivity contribution is -0.152. The van der Waals surface area contributed by atoms with E-state index in [-0.39, 0.29) is 43.0 Å². The smallest absolute Gasteiger partial charge is 0.253 e. The van der Waals surface area contributed by atoms with Crippen molar-refractivity contribution in [3.8, 4) is 6.07 Å². The highest BCUT2D eigenvalue weighted by molar-refractivity contribution is 5.99. The number of hydrogen-bond acceptors (Lipinski definition) is 4. The largest absolute Gasteiger partial charge is 0.342 e. The third-order valence-corrected chi connectivity index (χ3v) is 5.48. The van der Waals surface area contributed by atoms with Crippen molar-refractivity contribution in [2.75, 3.05) is 19.6 Å². The lowest BCUT2D eigenvalue weighted by Gasteiger charge is -2.45. The highest BCUT2D eigenvalue weighted by Gasteiger charge is 2.44. The van der Waals surface area contributed by atoms with Gasteiger partial charge in [-0.05, 0) is 42.0 Å². The van der Waals surface area contributed by atoms with Gasteiger partial charge in [0.2, 0.25) is 11.8 Å². The monoisotopic (exact) mass is 406 g/mol. The zero-order chi connectivity index (χ0) is 21.3. The number of hydrogen-bond donors (Lipinski definition) is 1. The second kappa shape index (κ2) is 7.95. The number of fused-ring (bicyclic) bond motifs is 1. The van der Waals surface area contributed by atoms with Crippen molar-refractivity contribution in [1.29, 1.82) is 5.26 Å². The topological polar surface area (TPSA) is 93.5 Å². The summed E-state index contributed by atoms with van der Waals surface area (Å²) < 4.78 is 13.1. The molecule has 2 aromatic carbocycles. The predicted octanol–water partition coefficient (Wildman–Crippen LogP) is 1.09. The van der Waals surface area contributed by atoms with Crippen LogP contribution < -0.4 is 5.32 Å². The minimum Gasteiger partial charge on any atom is -0.342 e. The van der Waals surface area contributed by atoms with Crippen molar-refractivity contribution in [2.45, 2.75) is 18.5 Å². The number of rotatable bonds is 3. The Kier molecular flexibility index (Phi) is 5.19. The van der Waals surface area contributed by atoms with Crippen molar-refractivity contribution in [1.82, 2.24) is 15.1 Å². The van der Waals surface area contributed by atoms with Crippen LogP contribution in [0.3, 0.4) is 0 Å². The molecule has 0 aromatic heterocycles. The van der Waals surface area contributed by atoms with E-state index in [1.165, 1.54) is 17.0 Å². The van der Waals surface area contributed by atoms with E-state index in [0.717, 1.165) is 5.56 Å². The van der Waals surface area contributed by atoms with E-state index in [9.17, 15) is 18.8 Å². The van der Waals surface area contributed by atoms with Crippen molar-refractivity contribution in [3.05, 3.63) is 71.0 Å². The summed E-state index contributed by atoms with van der Waals surface area (Å²) in [6.45, 7) is 0.691. The maximum absolute atomic E-state index is 13.1. The molecule has 2 aliphatic rings. The van der Waals surface area contributed by atoms with Crippen molar-refractivity contribution in [3.63, 3.8) is 0 Å². The van der Waals surface area contributed by atoms with E-state index in [0.29, 0.717) is 17.7 Å². The number of amides is 3. The lowest BCUT2D eigenvalue weighted by atomic mass is 9.98. The molecule has 0 spiro atoms. The highest BCUT2D eigenvalue weighted by atomic mass is 19.1. The quantitative estimate of drug-likeness (QED) is 0.826. The van der Waals surface area contributed by atoms with E-state index < -0.39 is 12.1 Å². The number of carbonyl (C=O) groups is 3. The van der Waals surface area contributed by atoms with Crippen LogP contribution in [0.15, 0.2) is 48.5 Å². The summed E-state index contributed by atoms with van der Waals surface area (Å²) in [7, 11) is 0. The van der Waals surface area contributed by atoms with Crippen molar-refractivity contribution in [2.24, 2.45) is 0 Å². The summed E-state index contributed by atoms with van der Waals surface area (Å²) in [6, 6.07) is 12.7. The van der Waals surface area contributed by atoms with Crippen molar-refractivity contribution < 1.29 is 18.8 Å². The van der Waals surface area contributed by atoms with Gasteiger partial charge in [-0.15, -0.1) is 0 Å².